The maximum Gasteiger partial charge on any atom is 0.101 e. The Bertz CT molecular complexity index is 983. The highest BCUT2D eigenvalue weighted by Crippen LogP contribution is 2.36. The first-order valence-electron chi connectivity index (χ1n) is 14.2. The molecule has 6 heteroatoms. The van der Waals surface area contributed by atoms with Gasteiger partial charge in [-0.1, -0.05) is 91.8 Å². The molecule has 0 aliphatic heterocycles. The van der Waals surface area contributed by atoms with Gasteiger partial charge in [-0.15, -0.1) is 12.4 Å². The predicted molar refractivity (Wildman–Crippen MR) is 174 cm³/mol. The zero-order valence-electron chi connectivity index (χ0n) is 26.2. The van der Waals surface area contributed by atoms with E-state index in [1.807, 2.05) is 6.92 Å². The molecular weight excluding hydrogens is 502 g/mol. The van der Waals surface area contributed by atoms with Gasteiger partial charge in [0.1, 0.15) is 6.01 Å². The Labute approximate surface area is 245 Å². The quantitative estimate of drug-likeness (QED) is 0.202. The molecule has 39 heavy (non-hydrogen) atoms. The van der Waals surface area contributed by atoms with Gasteiger partial charge in [-0.05, 0) is 79.9 Å². The molecule has 2 rings (SSSR count). The van der Waals surface area contributed by atoms with Gasteiger partial charge >= 0.3 is 0 Å². The van der Waals surface area contributed by atoms with Crippen molar-refractivity contribution in [2.24, 2.45) is 20.0 Å². The molecule has 0 radical (unpaired) electrons. The highest BCUT2D eigenvalue weighted by atomic mass is 35.5. The number of halogens is 1. The standard InChI is InChI=1S/C25H34N2.C8H17N3.ClH/c1-16(2)20-11-9-12-21(17(3)4)24(20)26-15-27-25-22(18(5)6)13-10-14-23(25)19(7)8;1-4-9-8-10-6-5-7-11(2)3;/h9-14,16-19H,1-8H3;4-7H2,1-3H3;1H. The number of benzene rings is 2. The fourth-order valence-electron chi connectivity index (χ4n) is 4.04. The maximum atomic E-state index is 4.73. The molecule has 0 N–H and O–H groups in total. The number of hydrogen-bond donors (Lipinski definition) is 0. The molecule has 216 valence electrons. The van der Waals surface area contributed by atoms with Crippen LogP contribution < -0.4 is 0 Å². The highest BCUT2D eigenvalue weighted by molar-refractivity contribution is 5.85. The maximum absolute atomic E-state index is 4.73. The van der Waals surface area contributed by atoms with E-state index in [2.05, 4.69) is 133 Å². The third-order valence-corrected chi connectivity index (χ3v) is 6.18. The third kappa shape index (κ3) is 12.9. The van der Waals surface area contributed by atoms with Crippen LogP contribution in [0, 0.1) is 0 Å². The molecule has 0 spiro atoms. The molecule has 0 saturated carbocycles. The zero-order valence-corrected chi connectivity index (χ0v) is 27.1. The fraction of sp³-hybridized carbons (Fsp3) is 0.576. The van der Waals surface area contributed by atoms with Crippen molar-refractivity contribution in [1.29, 1.82) is 0 Å². The summed E-state index contributed by atoms with van der Waals surface area (Å²) in [5.74, 6) is 1.66. The Hall–Kier alpha value is -2.55. The van der Waals surface area contributed by atoms with Gasteiger partial charge in [0, 0.05) is 6.54 Å². The van der Waals surface area contributed by atoms with Crippen molar-refractivity contribution in [3.8, 4) is 0 Å². The SMILES string of the molecule is CC(C)c1cccc(C(C)C)c1N=C=Nc1c(C(C)C)cccc1C(C)C.CCN=C=NCCCN(C)C.Cl. The normalized spacial score (nSPS) is 10.6. The van der Waals surface area contributed by atoms with E-state index in [4.69, 9.17) is 9.98 Å². The van der Waals surface area contributed by atoms with Gasteiger partial charge in [0.2, 0.25) is 0 Å². The Kier molecular flexibility index (Phi) is 18.2. The molecule has 0 bridgehead atoms. The van der Waals surface area contributed by atoms with Crippen molar-refractivity contribution in [3.05, 3.63) is 58.7 Å². The molecule has 0 aliphatic rings. The molecular formula is C33H52ClN5. The van der Waals surface area contributed by atoms with Crippen LogP contribution in [0.25, 0.3) is 0 Å². The van der Waals surface area contributed by atoms with Crippen LogP contribution in [-0.2, 0) is 0 Å². The van der Waals surface area contributed by atoms with Gasteiger partial charge in [-0.25, -0.2) is 9.98 Å². The van der Waals surface area contributed by atoms with Gasteiger partial charge in [-0.2, -0.15) is 9.98 Å². The summed E-state index contributed by atoms with van der Waals surface area (Å²) in [7, 11) is 4.12. The molecule has 2 aromatic rings. The van der Waals surface area contributed by atoms with E-state index in [-0.39, 0.29) is 12.4 Å². The second-order valence-corrected chi connectivity index (χ2v) is 11.1. The summed E-state index contributed by atoms with van der Waals surface area (Å²) >= 11 is 0. The van der Waals surface area contributed by atoms with Crippen LogP contribution in [-0.4, -0.2) is 50.6 Å². The van der Waals surface area contributed by atoms with Crippen molar-refractivity contribution >= 4 is 35.8 Å². The summed E-state index contributed by atoms with van der Waals surface area (Å²) < 4.78 is 0. The number of rotatable bonds is 11. The number of para-hydroxylation sites is 2. The van der Waals surface area contributed by atoms with Crippen LogP contribution in [0.3, 0.4) is 0 Å². The summed E-state index contributed by atoms with van der Waals surface area (Å²) in [6, 6.07) is 18.6. The lowest BCUT2D eigenvalue weighted by atomic mass is 9.93. The summed E-state index contributed by atoms with van der Waals surface area (Å²) in [6.45, 7) is 22.3. The Morgan fingerprint density at radius 3 is 1.33 bits per heavy atom. The minimum Gasteiger partial charge on any atom is -0.309 e. The average Bonchev–Trinajstić information content (AvgIpc) is 2.86. The van der Waals surface area contributed by atoms with Crippen molar-refractivity contribution in [2.75, 3.05) is 33.7 Å². The first-order valence-corrected chi connectivity index (χ1v) is 14.2. The minimum absolute atomic E-state index is 0. The summed E-state index contributed by atoms with van der Waals surface area (Å²) in [5.41, 5.74) is 7.07. The number of aliphatic imine (C=N–C) groups is 4. The van der Waals surface area contributed by atoms with E-state index in [1.165, 1.54) is 22.3 Å². The van der Waals surface area contributed by atoms with Crippen molar-refractivity contribution in [1.82, 2.24) is 4.90 Å². The molecule has 0 heterocycles. The van der Waals surface area contributed by atoms with Crippen LogP contribution in [0.15, 0.2) is 56.4 Å². The molecule has 0 aliphatic carbocycles. The van der Waals surface area contributed by atoms with E-state index in [0.29, 0.717) is 23.7 Å². The van der Waals surface area contributed by atoms with Gasteiger partial charge in [0.05, 0.1) is 23.9 Å². The monoisotopic (exact) mass is 553 g/mol. The predicted octanol–water partition coefficient (Wildman–Crippen LogP) is 9.87. The smallest absolute Gasteiger partial charge is 0.101 e. The molecule has 5 nitrogen and oxygen atoms in total. The summed E-state index contributed by atoms with van der Waals surface area (Å²) in [5, 5.41) is 0. The van der Waals surface area contributed by atoms with Crippen LogP contribution in [0.5, 0.6) is 0 Å². The van der Waals surface area contributed by atoms with E-state index < -0.39 is 0 Å². The molecule has 0 atom stereocenters. The fourth-order valence-corrected chi connectivity index (χ4v) is 4.04. The second kappa shape index (κ2) is 19.5. The minimum atomic E-state index is 0. The second-order valence-electron chi connectivity index (χ2n) is 11.1. The lowest BCUT2D eigenvalue weighted by molar-refractivity contribution is 0.403. The average molecular weight is 554 g/mol. The van der Waals surface area contributed by atoms with Gasteiger partial charge in [0.15, 0.2) is 0 Å². The van der Waals surface area contributed by atoms with E-state index >= 15 is 0 Å². The molecule has 0 saturated heterocycles. The third-order valence-electron chi connectivity index (χ3n) is 6.18. The summed E-state index contributed by atoms with van der Waals surface area (Å²) in [4.78, 5) is 19.4. The topological polar surface area (TPSA) is 52.7 Å². The Balaban J connectivity index is 0.00000102. The Morgan fingerprint density at radius 2 is 1.03 bits per heavy atom. The van der Waals surface area contributed by atoms with Gasteiger partial charge in [-0.3, -0.25) is 0 Å². The Morgan fingerprint density at radius 1 is 0.641 bits per heavy atom. The van der Waals surface area contributed by atoms with Gasteiger partial charge < -0.3 is 4.90 Å². The van der Waals surface area contributed by atoms with Crippen LogP contribution in [0.2, 0.25) is 0 Å². The molecule has 0 unspecified atom stereocenters. The lowest BCUT2D eigenvalue weighted by Gasteiger charge is -2.16. The van der Waals surface area contributed by atoms with Crippen molar-refractivity contribution in [3.63, 3.8) is 0 Å². The highest BCUT2D eigenvalue weighted by Gasteiger charge is 2.14. The molecule has 2 aromatic carbocycles. The number of hydrogen-bond acceptors (Lipinski definition) is 5. The first-order chi connectivity index (χ1) is 18.0. The largest absolute Gasteiger partial charge is 0.309 e. The number of nitrogens with zero attached hydrogens (tertiary/aromatic N) is 5. The lowest BCUT2D eigenvalue weighted by Crippen LogP contribution is -2.13. The van der Waals surface area contributed by atoms with E-state index in [1.54, 1.807) is 0 Å². The molecule has 0 fully saturated rings. The van der Waals surface area contributed by atoms with E-state index in [0.717, 1.165) is 37.4 Å². The zero-order chi connectivity index (χ0) is 28.7. The van der Waals surface area contributed by atoms with Crippen LogP contribution in [0.4, 0.5) is 11.4 Å². The first kappa shape index (κ1) is 36.5. The van der Waals surface area contributed by atoms with E-state index in [9.17, 15) is 0 Å². The van der Waals surface area contributed by atoms with Crippen LogP contribution >= 0.6 is 12.4 Å². The van der Waals surface area contributed by atoms with Crippen LogP contribution in [0.1, 0.15) is 115 Å². The van der Waals surface area contributed by atoms with Crippen molar-refractivity contribution < 1.29 is 0 Å². The van der Waals surface area contributed by atoms with Crippen molar-refractivity contribution in [2.45, 2.75) is 92.4 Å². The van der Waals surface area contributed by atoms with Gasteiger partial charge in [0.25, 0.3) is 0 Å². The molecule has 0 amide bonds. The molecule has 0 aromatic heterocycles. The summed E-state index contributed by atoms with van der Waals surface area (Å²) in [6.07, 6.45) is 1.08.